The molecule has 15 heavy (non-hydrogen) atoms. The molecule has 1 rings (SSSR count). The SMILES string of the molecule is C=C(NCCCC)c1ncc(CC)cn1. The van der Waals surface area contributed by atoms with E-state index in [0.717, 1.165) is 30.6 Å². The van der Waals surface area contributed by atoms with Crippen LogP contribution in [0.15, 0.2) is 19.0 Å². The number of aryl methyl sites for hydroxylation is 1. The zero-order valence-corrected chi connectivity index (χ0v) is 9.58. The van der Waals surface area contributed by atoms with E-state index in [0.29, 0.717) is 5.82 Å². The summed E-state index contributed by atoms with van der Waals surface area (Å²) in [6.07, 6.45) is 7.00. The van der Waals surface area contributed by atoms with Gasteiger partial charge in [0, 0.05) is 18.9 Å². The molecule has 82 valence electrons. The topological polar surface area (TPSA) is 37.8 Å². The minimum atomic E-state index is 0.698. The highest BCUT2D eigenvalue weighted by Gasteiger charge is 2.00. The van der Waals surface area contributed by atoms with Crippen molar-refractivity contribution < 1.29 is 0 Å². The Bertz CT molecular complexity index is 303. The molecule has 0 saturated heterocycles. The molecular weight excluding hydrogens is 186 g/mol. The van der Waals surface area contributed by atoms with Crippen molar-refractivity contribution in [2.24, 2.45) is 0 Å². The second-order valence-electron chi connectivity index (χ2n) is 3.53. The third-order valence-electron chi connectivity index (χ3n) is 2.25. The van der Waals surface area contributed by atoms with Gasteiger partial charge in [0.2, 0.25) is 0 Å². The predicted molar refractivity (Wildman–Crippen MR) is 63.4 cm³/mol. The van der Waals surface area contributed by atoms with Crippen LogP contribution in [-0.4, -0.2) is 16.5 Å². The van der Waals surface area contributed by atoms with Gasteiger partial charge in [-0.15, -0.1) is 0 Å². The third-order valence-corrected chi connectivity index (χ3v) is 2.25. The molecule has 0 aromatic carbocycles. The van der Waals surface area contributed by atoms with Crippen LogP contribution in [0.4, 0.5) is 0 Å². The zero-order valence-electron chi connectivity index (χ0n) is 9.58. The minimum Gasteiger partial charge on any atom is -0.382 e. The lowest BCUT2D eigenvalue weighted by Gasteiger charge is -2.07. The molecule has 0 aliphatic heterocycles. The summed E-state index contributed by atoms with van der Waals surface area (Å²) in [5.74, 6) is 0.698. The number of unbranched alkanes of at least 4 members (excludes halogenated alkanes) is 1. The van der Waals surface area contributed by atoms with Crippen molar-refractivity contribution in [3.63, 3.8) is 0 Å². The summed E-state index contributed by atoms with van der Waals surface area (Å²) in [4.78, 5) is 8.51. The van der Waals surface area contributed by atoms with Crippen molar-refractivity contribution in [3.8, 4) is 0 Å². The highest BCUT2D eigenvalue weighted by molar-refractivity contribution is 5.54. The maximum absolute atomic E-state index is 4.26. The minimum absolute atomic E-state index is 0.698. The molecule has 0 aliphatic carbocycles. The second-order valence-corrected chi connectivity index (χ2v) is 3.53. The van der Waals surface area contributed by atoms with Gasteiger partial charge >= 0.3 is 0 Å². The molecule has 0 saturated carbocycles. The lowest BCUT2D eigenvalue weighted by Crippen LogP contribution is -2.14. The molecule has 0 radical (unpaired) electrons. The number of rotatable bonds is 6. The van der Waals surface area contributed by atoms with E-state index in [-0.39, 0.29) is 0 Å². The van der Waals surface area contributed by atoms with Crippen LogP contribution in [0.5, 0.6) is 0 Å². The van der Waals surface area contributed by atoms with E-state index in [1.807, 2.05) is 12.4 Å². The fraction of sp³-hybridized carbons (Fsp3) is 0.500. The van der Waals surface area contributed by atoms with Gasteiger partial charge in [-0.1, -0.05) is 26.8 Å². The molecule has 0 aliphatic rings. The number of hydrogen-bond donors (Lipinski definition) is 1. The van der Waals surface area contributed by atoms with Crippen LogP contribution in [0.1, 0.15) is 38.1 Å². The van der Waals surface area contributed by atoms with Crippen LogP contribution in [0.3, 0.4) is 0 Å². The molecule has 0 atom stereocenters. The van der Waals surface area contributed by atoms with Crippen LogP contribution >= 0.6 is 0 Å². The van der Waals surface area contributed by atoms with E-state index >= 15 is 0 Å². The lowest BCUT2D eigenvalue weighted by atomic mass is 10.3. The summed E-state index contributed by atoms with van der Waals surface area (Å²) in [5, 5.41) is 3.22. The molecule has 3 heteroatoms. The van der Waals surface area contributed by atoms with E-state index in [1.165, 1.54) is 6.42 Å². The van der Waals surface area contributed by atoms with Crippen LogP contribution in [0, 0.1) is 0 Å². The van der Waals surface area contributed by atoms with Gasteiger partial charge in [0.25, 0.3) is 0 Å². The van der Waals surface area contributed by atoms with E-state index in [1.54, 1.807) is 0 Å². The maximum Gasteiger partial charge on any atom is 0.174 e. The predicted octanol–water partition coefficient (Wildman–Crippen LogP) is 2.40. The molecule has 1 aromatic rings. The van der Waals surface area contributed by atoms with E-state index in [4.69, 9.17) is 0 Å². The number of aromatic nitrogens is 2. The van der Waals surface area contributed by atoms with Gasteiger partial charge in [-0.05, 0) is 18.4 Å². The largest absolute Gasteiger partial charge is 0.382 e. The highest BCUT2D eigenvalue weighted by atomic mass is 15.0. The van der Waals surface area contributed by atoms with E-state index in [2.05, 4.69) is 35.7 Å². The van der Waals surface area contributed by atoms with Crippen LogP contribution < -0.4 is 5.32 Å². The number of nitrogens with zero attached hydrogens (tertiary/aromatic N) is 2. The Morgan fingerprint density at radius 3 is 2.53 bits per heavy atom. The first-order valence-corrected chi connectivity index (χ1v) is 5.52. The first-order chi connectivity index (χ1) is 7.27. The second kappa shape index (κ2) is 6.17. The van der Waals surface area contributed by atoms with Gasteiger partial charge in [-0.3, -0.25) is 0 Å². The summed E-state index contributed by atoms with van der Waals surface area (Å²) >= 11 is 0. The Morgan fingerprint density at radius 2 is 2.00 bits per heavy atom. The molecule has 1 N–H and O–H groups in total. The summed E-state index contributed by atoms with van der Waals surface area (Å²) in [6, 6.07) is 0. The average Bonchev–Trinajstić information content (AvgIpc) is 2.29. The Labute approximate surface area is 91.7 Å². The Kier molecular flexibility index (Phi) is 4.81. The quantitative estimate of drug-likeness (QED) is 0.725. The van der Waals surface area contributed by atoms with Crippen LogP contribution in [0.25, 0.3) is 5.70 Å². The normalized spacial score (nSPS) is 10.0. The standard InChI is InChI=1S/C12H19N3/c1-4-6-7-13-10(3)12-14-8-11(5-2)9-15-12/h8-9,13H,3-7H2,1-2H3. The average molecular weight is 205 g/mol. The summed E-state index contributed by atoms with van der Waals surface area (Å²) in [5.41, 5.74) is 1.96. The van der Waals surface area contributed by atoms with E-state index in [9.17, 15) is 0 Å². The van der Waals surface area contributed by atoms with Crippen LogP contribution in [-0.2, 0) is 6.42 Å². The van der Waals surface area contributed by atoms with E-state index < -0.39 is 0 Å². The first kappa shape index (κ1) is 11.7. The smallest absolute Gasteiger partial charge is 0.174 e. The molecule has 1 heterocycles. The van der Waals surface area contributed by atoms with Gasteiger partial charge < -0.3 is 5.32 Å². The Balaban J connectivity index is 2.50. The van der Waals surface area contributed by atoms with Crippen molar-refractivity contribution in [2.75, 3.05) is 6.54 Å². The lowest BCUT2D eigenvalue weighted by molar-refractivity contribution is 0.741. The molecule has 0 bridgehead atoms. The van der Waals surface area contributed by atoms with Crippen molar-refractivity contribution in [2.45, 2.75) is 33.1 Å². The van der Waals surface area contributed by atoms with Crippen molar-refractivity contribution >= 4 is 5.70 Å². The summed E-state index contributed by atoms with van der Waals surface area (Å²) < 4.78 is 0. The van der Waals surface area contributed by atoms with Crippen molar-refractivity contribution in [3.05, 3.63) is 30.4 Å². The Hall–Kier alpha value is -1.38. The molecule has 0 spiro atoms. The fourth-order valence-electron chi connectivity index (χ4n) is 1.19. The summed E-state index contributed by atoms with van der Waals surface area (Å²) in [7, 11) is 0. The Morgan fingerprint density at radius 1 is 1.33 bits per heavy atom. The van der Waals surface area contributed by atoms with Crippen molar-refractivity contribution in [1.82, 2.24) is 15.3 Å². The molecule has 1 aromatic heterocycles. The van der Waals surface area contributed by atoms with Crippen LogP contribution in [0.2, 0.25) is 0 Å². The van der Waals surface area contributed by atoms with Crippen molar-refractivity contribution in [1.29, 1.82) is 0 Å². The van der Waals surface area contributed by atoms with Gasteiger partial charge in [0.15, 0.2) is 5.82 Å². The number of nitrogens with one attached hydrogen (secondary N) is 1. The monoisotopic (exact) mass is 205 g/mol. The molecule has 3 nitrogen and oxygen atoms in total. The molecule has 0 amide bonds. The van der Waals surface area contributed by atoms with Gasteiger partial charge in [-0.25, -0.2) is 9.97 Å². The molecular formula is C12H19N3. The third kappa shape index (κ3) is 3.70. The molecule has 0 fully saturated rings. The van der Waals surface area contributed by atoms with Gasteiger partial charge in [0.05, 0.1) is 5.70 Å². The zero-order chi connectivity index (χ0) is 11.1. The van der Waals surface area contributed by atoms with Gasteiger partial charge in [-0.2, -0.15) is 0 Å². The maximum atomic E-state index is 4.26. The van der Waals surface area contributed by atoms with Gasteiger partial charge in [0.1, 0.15) is 0 Å². The number of hydrogen-bond acceptors (Lipinski definition) is 3. The fourth-order valence-corrected chi connectivity index (χ4v) is 1.19. The summed E-state index contributed by atoms with van der Waals surface area (Å²) in [6.45, 7) is 9.11. The highest BCUT2D eigenvalue weighted by Crippen LogP contribution is 2.03. The first-order valence-electron chi connectivity index (χ1n) is 5.52. The molecule has 0 unspecified atom stereocenters.